The quantitative estimate of drug-likeness (QED) is 0.0384. The molecule has 5 rings (SSSR count). The molecule has 6 amide bonds. The largest absolute Gasteiger partial charge is 0.481 e. The van der Waals surface area contributed by atoms with E-state index in [1.165, 1.54) is 0 Å². The summed E-state index contributed by atoms with van der Waals surface area (Å²) in [4.78, 5) is 134. The number of hydrogen-bond acceptors (Lipinski definition) is 15. The number of carbonyl (C=O) groups excluding carboxylic acids is 5. The van der Waals surface area contributed by atoms with Crippen LogP contribution in [0.4, 0.5) is 4.79 Å². The first-order valence-electron chi connectivity index (χ1n) is 28.6. The van der Waals surface area contributed by atoms with Crippen LogP contribution in [0.2, 0.25) is 0 Å². The van der Waals surface area contributed by atoms with Crippen LogP contribution >= 0.6 is 0 Å². The van der Waals surface area contributed by atoms with Crippen LogP contribution in [0.3, 0.4) is 0 Å². The fourth-order valence-electron chi connectivity index (χ4n) is 10.3. The second-order valence-corrected chi connectivity index (χ2v) is 21.5. The molecule has 0 bridgehead atoms. The Labute approximate surface area is 487 Å². The van der Waals surface area contributed by atoms with Gasteiger partial charge in [-0.1, -0.05) is 72.8 Å². The van der Waals surface area contributed by atoms with Crippen LogP contribution in [0, 0.1) is 11.8 Å². The van der Waals surface area contributed by atoms with Crippen molar-refractivity contribution in [3.8, 4) is 0 Å². The second-order valence-electron chi connectivity index (χ2n) is 21.5. The molecule has 0 spiro atoms. The van der Waals surface area contributed by atoms with E-state index in [-0.39, 0.29) is 96.3 Å². The number of hydrogen-bond donors (Lipinski definition) is 12. The number of carboxylic acid groups (broad SMARTS) is 5. The van der Waals surface area contributed by atoms with Gasteiger partial charge in [-0.15, -0.1) is 0 Å². The van der Waals surface area contributed by atoms with Gasteiger partial charge in [-0.25, -0.2) is 14.4 Å². The van der Waals surface area contributed by atoms with Crippen molar-refractivity contribution in [3.05, 3.63) is 83.9 Å². The first-order chi connectivity index (χ1) is 40.2. The number of carbonyl (C=O) groups is 10. The first kappa shape index (κ1) is 67.0. The molecular formula is C58H82N10O16. The van der Waals surface area contributed by atoms with Crippen molar-refractivity contribution in [3.63, 3.8) is 0 Å². The van der Waals surface area contributed by atoms with Crippen molar-refractivity contribution in [2.75, 3.05) is 98.2 Å². The Hall–Kier alpha value is -7.78. The average Bonchev–Trinajstić information content (AvgIpc) is 3.65. The fraction of sp³-hybridized carbons (Fsp3) is 0.552. The smallest absolute Gasteiger partial charge is 0.326 e. The molecule has 4 atom stereocenters. The third-order valence-electron chi connectivity index (χ3n) is 15.1. The summed E-state index contributed by atoms with van der Waals surface area (Å²) in [6.07, 6.45) is 1.93. The molecule has 12 N–H and O–H groups in total. The van der Waals surface area contributed by atoms with Gasteiger partial charge in [0.15, 0.2) is 0 Å². The Morgan fingerprint density at radius 1 is 0.500 bits per heavy atom. The molecule has 1 saturated carbocycles. The summed E-state index contributed by atoms with van der Waals surface area (Å²) in [6.45, 7) is 2.75. The highest BCUT2D eigenvalue weighted by molar-refractivity contribution is 5.90. The maximum atomic E-state index is 14.1. The Balaban J connectivity index is 1.16. The fourth-order valence-corrected chi connectivity index (χ4v) is 10.3. The number of nitrogens with one attached hydrogen (secondary N) is 6. The van der Waals surface area contributed by atoms with E-state index in [9.17, 15) is 73.5 Å². The minimum absolute atomic E-state index is 0.000831. The zero-order valence-corrected chi connectivity index (χ0v) is 47.3. The summed E-state index contributed by atoms with van der Waals surface area (Å²) in [7, 11) is 0. The van der Waals surface area contributed by atoms with E-state index in [1.807, 2.05) is 82.6 Å². The van der Waals surface area contributed by atoms with Gasteiger partial charge in [0.25, 0.3) is 0 Å². The van der Waals surface area contributed by atoms with Gasteiger partial charge < -0.3 is 62.5 Å². The number of amides is 6. The number of aliphatic hydroxyl groups excluding tert-OH is 1. The third kappa shape index (κ3) is 24.6. The van der Waals surface area contributed by atoms with Gasteiger partial charge in [0.1, 0.15) is 24.2 Å². The maximum absolute atomic E-state index is 14.1. The molecule has 2 fully saturated rings. The number of unbranched alkanes of at least 4 members (excludes halogenated alkanes) is 1. The molecule has 1 aliphatic heterocycles. The summed E-state index contributed by atoms with van der Waals surface area (Å²) in [5.74, 6) is -8.23. The van der Waals surface area contributed by atoms with Crippen LogP contribution in [0.1, 0.15) is 68.9 Å². The standard InChI is InChI=1S/C58H82N10O16/c69-31-30-65-22-24-67(37-51(73)74)28-26-66(27-29-68(25-23-65)38-52(75)76)36-49(70)61-47(33-39-8-2-1-3-9-39)55(79)60-35-40-13-17-43(18-14-40)53(77)62-48(34-41-15-16-42-10-4-5-11-44(42)32-41)54(78)59-21-7-6-12-45(56(80)81)63-58(84)64-46(57(82)83)19-20-50(71)72/h1-5,8-11,15-16,32,40,43,45-48,69H,6-7,12-14,17-31,33-38H2,(H,59,78)(H,60,79)(H,61,70)(H,62,77)(H,71,72)(H,73,74)(H,75,76)(H,80,81)(H,82,83)(H2,63,64,84)/t40?,43?,45-,46-,47-,48-/m0/s1. The van der Waals surface area contributed by atoms with Crippen LogP contribution < -0.4 is 31.9 Å². The molecule has 0 aromatic heterocycles. The Bertz CT molecular complexity index is 2640. The average molecular weight is 1180 g/mol. The van der Waals surface area contributed by atoms with Gasteiger partial charge in [0.05, 0.1) is 26.2 Å². The van der Waals surface area contributed by atoms with E-state index in [2.05, 4.69) is 31.9 Å². The summed E-state index contributed by atoms with van der Waals surface area (Å²) in [5.41, 5.74) is 1.61. The summed E-state index contributed by atoms with van der Waals surface area (Å²) in [6, 6.07) is 16.7. The molecule has 1 saturated heterocycles. The topological polar surface area (TPSA) is 377 Å². The van der Waals surface area contributed by atoms with Crippen LogP contribution in [-0.2, 0) is 56.0 Å². The molecule has 2 aliphatic rings. The number of aliphatic hydroxyl groups is 1. The lowest BCUT2D eigenvalue weighted by molar-refractivity contribution is -0.141. The molecule has 84 heavy (non-hydrogen) atoms. The number of β-amino-alcohol motifs (C(OH)–C–C–N with tert-alkyl or cyclic N) is 1. The van der Waals surface area contributed by atoms with Crippen molar-refractivity contribution >= 4 is 70.3 Å². The zero-order valence-electron chi connectivity index (χ0n) is 47.3. The SMILES string of the molecule is O=C(O)CC[C@H](NC(=O)N[C@@H](CCCCNC(=O)[C@H](Cc1ccc2ccccc2c1)NC(=O)C1CCC(CNC(=O)[C@H](Cc2ccccc2)NC(=O)CN2CCN(CC(=O)O)CCN(CCO)CCN(CC(=O)O)CC2)CC1)C(=O)O)C(=O)O. The zero-order chi connectivity index (χ0) is 61.0. The van der Waals surface area contributed by atoms with Crippen molar-refractivity contribution in [2.45, 2.75) is 94.8 Å². The van der Waals surface area contributed by atoms with Gasteiger partial charge in [-0.2, -0.15) is 0 Å². The van der Waals surface area contributed by atoms with Crippen molar-refractivity contribution in [2.24, 2.45) is 11.8 Å². The van der Waals surface area contributed by atoms with Gasteiger partial charge in [-0.3, -0.25) is 53.2 Å². The van der Waals surface area contributed by atoms with Gasteiger partial charge in [0.2, 0.25) is 23.6 Å². The predicted octanol–water partition coefficient (Wildman–Crippen LogP) is 0.257. The van der Waals surface area contributed by atoms with E-state index in [1.54, 1.807) is 9.80 Å². The summed E-state index contributed by atoms with van der Waals surface area (Å²) >= 11 is 0. The molecule has 26 nitrogen and oxygen atoms in total. The molecule has 1 aliphatic carbocycles. The molecule has 460 valence electrons. The normalized spacial score (nSPS) is 18.2. The Morgan fingerprint density at radius 2 is 1.02 bits per heavy atom. The van der Waals surface area contributed by atoms with Crippen LogP contribution in [-0.4, -0.2) is 232 Å². The van der Waals surface area contributed by atoms with E-state index in [0.717, 1.165) is 21.9 Å². The monoisotopic (exact) mass is 1170 g/mol. The predicted molar refractivity (Wildman–Crippen MR) is 306 cm³/mol. The molecule has 3 aromatic carbocycles. The summed E-state index contributed by atoms with van der Waals surface area (Å²) < 4.78 is 0. The highest BCUT2D eigenvalue weighted by Gasteiger charge is 2.32. The molecular weight excluding hydrogens is 1090 g/mol. The van der Waals surface area contributed by atoms with E-state index in [0.29, 0.717) is 71.5 Å². The van der Waals surface area contributed by atoms with Crippen molar-refractivity contribution < 1.29 is 78.6 Å². The molecule has 3 aromatic rings. The number of carboxylic acids is 5. The lowest BCUT2D eigenvalue weighted by Gasteiger charge is -2.33. The van der Waals surface area contributed by atoms with Crippen molar-refractivity contribution in [1.29, 1.82) is 0 Å². The van der Waals surface area contributed by atoms with Crippen LogP contribution in [0.25, 0.3) is 10.8 Å². The number of urea groups is 1. The second kappa shape index (κ2) is 35.4. The highest BCUT2D eigenvalue weighted by Crippen LogP contribution is 2.29. The third-order valence-corrected chi connectivity index (χ3v) is 15.1. The number of aliphatic carboxylic acids is 5. The Morgan fingerprint density at radius 3 is 1.60 bits per heavy atom. The number of fused-ring (bicyclic) bond motifs is 1. The minimum Gasteiger partial charge on any atom is -0.481 e. The van der Waals surface area contributed by atoms with E-state index in [4.69, 9.17) is 5.11 Å². The van der Waals surface area contributed by atoms with Gasteiger partial charge >= 0.3 is 35.9 Å². The number of benzene rings is 3. The molecule has 0 radical (unpaired) electrons. The number of nitrogens with zero attached hydrogens (tertiary/aromatic N) is 4. The lowest BCUT2D eigenvalue weighted by Crippen LogP contribution is -2.53. The maximum Gasteiger partial charge on any atom is 0.326 e. The van der Waals surface area contributed by atoms with Gasteiger partial charge in [0, 0.05) is 97.2 Å². The van der Waals surface area contributed by atoms with Crippen molar-refractivity contribution in [1.82, 2.24) is 51.5 Å². The minimum atomic E-state index is -1.56. The van der Waals surface area contributed by atoms with E-state index < -0.39 is 96.5 Å². The number of rotatable bonds is 31. The lowest BCUT2D eigenvalue weighted by atomic mass is 9.81. The highest BCUT2D eigenvalue weighted by atomic mass is 16.4. The van der Waals surface area contributed by atoms with Crippen LogP contribution in [0.15, 0.2) is 72.8 Å². The first-order valence-corrected chi connectivity index (χ1v) is 28.6. The summed E-state index contributed by atoms with van der Waals surface area (Å²) in [5, 5.41) is 75.0. The molecule has 0 unspecified atom stereocenters. The van der Waals surface area contributed by atoms with Gasteiger partial charge in [-0.05, 0) is 79.2 Å². The Kier molecular flexibility index (Phi) is 28.2. The molecule has 26 heteroatoms. The van der Waals surface area contributed by atoms with Crippen LogP contribution in [0.5, 0.6) is 0 Å². The van der Waals surface area contributed by atoms with E-state index >= 15 is 0 Å². The molecule has 1 heterocycles.